The molecule has 0 unspecified atom stereocenters. The van der Waals surface area contributed by atoms with E-state index in [9.17, 15) is 0 Å². The van der Waals surface area contributed by atoms with Crippen molar-refractivity contribution in [2.24, 2.45) is 11.8 Å². The summed E-state index contributed by atoms with van der Waals surface area (Å²) in [5.74, 6) is 0.848. The Bertz CT molecular complexity index is 522. The summed E-state index contributed by atoms with van der Waals surface area (Å²) in [5, 5.41) is 9.02. The number of hydrogen-bond acceptors (Lipinski definition) is 3. The van der Waals surface area contributed by atoms with Gasteiger partial charge >= 0.3 is 0 Å². The van der Waals surface area contributed by atoms with Gasteiger partial charge in [0.05, 0.1) is 6.07 Å². The molecule has 1 aliphatic rings. The third-order valence-corrected chi connectivity index (χ3v) is 5.57. The lowest BCUT2D eigenvalue weighted by atomic mass is 9.88. The van der Waals surface area contributed by atoms with Gasteiger partial charge in [-0.05, 0) is 58.2 Å². The molecule has 0 amide bonds. The summed E-state index contributed by atoms with van der Waals surface area (Å²) in [4.78, 5) is 5.16. The van der Waals surface area contributed by atoms with Gasteiger partial charge in [0.2, 0.25) is 0 Å². The molecule has 0 aliphatic carbocycles. The topological polar surface area (TPSA) is 30.3 Å². The van der Waals surface area contributed by atoms with Crippen molar-refractivity contribution in [2.75, 3.05) is 20.1 Å². The highest BCUT2D eigenvalue weighted by atomic mass is 15.2. The Hall–Kier alpha value is -1.37. The van der Waals surface area contributed by atoms with E-state index in [1.54, 1.807) is 0 Å². The van der Waals surface area contributed by atoms with Gasteiger partial charge < -0.3 is 4.90 Å². The Morgan fingerprint density at radius 2 is 2.00 bits per heavy atom. The number of benzene rings is 1. The summed E-state index contributed by atoms with van der Waals surface area (Å²) in [6.07, 6.45) is 3.34. The van der Waals surface area contributed by atoms with E-state index >= 15 is 0 Å². The van der Waals surface area contributed by atoms with Crippen LogP contribution in [0.1, 0.15) is 45.6 Å². The van der Waals surface area contributed by atoms with Crippen LogP contribution in [0.15, 0.2) is 30.3 Å². The molecule has 24 heavy (non-hydrogen) atoms. The Morgan fingerprint density at radius 3 is 2.67 bits per heavy atom. The lowest BCUT2D eigenvalue weighted by Crippen LogP contribution is -2.52. The molecule has 1 saturated heterocycles. The second-order valence-electron chi connectivity index (χ2n) is 7.70. The molecule has 1 aromatic carbocycles. The minimum atomic E-state index is 0.164. The summed E-state index contributed by atoms with van der Waals surface area (Å²) in [6, 6.07) is 14.4. The molecule has 0 radical (unpaired) electrons. The van der Waals surface area contributed by atoms with Gasteiger partial charge in [-0.2, -0.15) is 5.26 Å². The third kappa shape index (κ3) is 5.33. The largest absolute Gasteiger partial charge is 0.303 e. The molecule has 0 spiro atoms. The number of rotatable bonds is 7. The van der Waals surface area contributed by atoms with E-state index in [1.807, 2.05) is 6.92 Å². The molecule has 0 saturated carbocycles. The fourth-order valence-corrected chi connectivity index (χ4v) is 3.87. The van der Waals surface area contributed by atoms with E-state index in [2.05, 4.69) is 67.1 Å². The van der Waals surface area contributed by atoms with Crippen molar-refractivity contribution in [2.45, 2.75) is 58.7 Å². The molecule has 132 valence electrons. The number of piperidine rings is 1. The monoisotopic (exact) mass is 327 g/mol. The van der Waals surface area contributed by atoms with Gasteiger partial charge in [-0.1, -0.05) is 37.3 Å². The maximum Gasteiger partial charge on any atom is 0.0652 e. The zero-order chi connectivity index (χ0) is 17.5. The molecule has 1 aliphatic heterocycles. The minimum Gasteiger partial charge on any atom is -0.303 e. The van der Waals surface area contributed by atoms with E-state index < -0.39 is 0 Å². The standard InChI is InChI=1S/C21H33N3/c1-17(14-22)9-8-12-24(16-20-10-6-5-7-11-20)21-13-19(3)23(4)15-18(21)2/h5-7,10-11,17-19,21H,8-9,12-13,15-16H2,1-4H3/t17-,18-,19+,21-/m1/s1. The normalized spacial score (nSPS) is 26.2. The van der Waals surface area contributed by atoms with Crippen LogP contribution in [0.5, 0.6) is 0 Å². The SMILES string of the molecule is C[C@@H]1CN(C)[C@@H](C)C[C@H]1N(CCC[C@@H](C)C#N)Cc1ccccc1. The molecule has 0 bridgehead atoms. The number of hydrogen-bond donors (Lipinski definition) is 0. The number of likely N-dealkylation sites (tertiary alicyclic amines) is 1. The van der Waals surface area contributed by atoms with Gasteiger partial charge in [-0.3, -0.25) is 4.90 Å². The molecule has 0 aromatic heterocycles. The van der Waals surface area contributed by atoms with Crippen LogP contribution < -0.4 is 0 Å². The van der Waals surface area contributed by atoms with E-state index in [0.717, 1.165) is 25.9 Å². The van der Waals surface area contributed by atoms with Gasteiger partial charge in [-0.25, -0.2) is 0 Å². The Labute approximate surface area is 148 Å². The molecule has 3 nitrogen and oxygen atoms in total. The second kappa shape index (κ2) is 9.20. The van der Waals surface area contributed by atoms with Crippen molar-refractivity contribution in [1.82, 2.24) is 9.80 Å². The summed E-state index contributed by atoms with van der Waals surface area (Å²) < 4.78 is 0. The van der Waals surface area contributed by atoms with Crippen molar-refractivity contribution < 1.29 is 0 Å². The van der Waals surface area contributed by atoms with Crippen LogP contribution in [0, 0.1) is 23.2 Å². The highest BCUT2D eigenvalue weighted by molar-refractivity contribution is 5.14. The summed E-state index contributed by atoms with van der Waals surface area (Å²) in [6.45, 7) is 10.0. The first-order valence-corrected chi connectivity index (χ1v) is 9.39. The fourth-order valence-electron chi connectivity index (χ4n) is 3.87. The van der Waals surface area contributed by atoms with Gasteiger partial charge in [0, 0.05) is 31.1 Å². The predicted molar refractivity (Wildman–Crippen MR) is 101 cm³/mol. The number of nitrogens with zero attached hydrogens (tertiary/aromatic N) is 3. The molecule has 1 aromatic rings. The molecular formula is C21H33N3. The van der Waals surface area contributed by atoms with Gasteiger partial charge in [0.1, 0.15) is 0 Å². The smallest absolute Gasteiger partial charge is 0.0652 e. The third-order valence-electron chi connectivity index (χ3n) is 5.57. The van der Waals surface area contributed by atoms with E-state index in [4.69, 9.17) is 5.26 Å². The summed E-state index contributed by atoms with van der Waals surface area (Å²) >= 11 is 0. The quantitative estimate of drug-likeness (QED) is 0.753. The summed E-state index contributed by atoms with van der Waals surface area (Å²) in [5.41, 5.74) is 1.39. The number of nitriles is 1. The van der Waals surface area contributed by atoms with Crippen molar-refractivity contribution in [3.63, 3.8) is 0 Å². The predicted octanol–water partition coefficient (Wildman–Crippen LogP) is 4.16. The first kappa shape index (κ1) is 19.0. The molecule has 2 rings (SSSR count). The molecule has 0 N–H and O–H groups in total. The first-order valence-electron chi connectivity index (χ1n) is 9.39. The van der Waals surface area contributed by atoms with Crippen molar-refractivity contribution in [3.05, 3.63) is 35.9 Å². The van der Waals surface area contributed by atoms with E-state index in [-0.39, 0.29) is 5.92 Å². The Balaban J connectivity index is 2.05. The lowest BCUT2D eigenvalue weighted by molar-refractivity contribution is 0.0398. The maximum atomic E-state index is 9.02. The molecule has 1 fully saturated rings. The highest BCUT2D eigenvalue weighted by Gasteiger charge is 2.32. The lowest BCUT2D eigenvalue weighted by Gasteiger charge is -2.45. The average molecular weight is 328 g/mol. The van der Waals surface area contributed by atoms with Gasteiger partial charge in [0.15, 0.2) is 0 Å². The van der Waals surface area contributed by atoms with E-state index in [0.29, 0.717) is 18.0 Å². The zero-order valence-electron chi connectivity index (χ0n) is 15.8. The van der Waals surface area contributed by atoms with Crippen molar-refractivity contribution in [1.29, 1.82) is 5.26 Å². The van der Waals surface area contributed by atoms with Gasteiger partial charge in [-0.15, -0.1) is 0 Å². The van der Waals surface area contributed by atoms with Crippen LogP contribution in [0.25, 0.3) is 0 Å². The minimum absolute atomic E-state index is 0.164. The highest BCUT2D eigenvalue weighted by Crippen LogP contribution is 2.27. The first-order chi connectivity index (χ1) is 11.5. The van der Waals surface area contributed by atoms with Crippen molar-refractivity contribution >= 4 is 0 Å². The zero-order valence-corrected chi connectivity index (χ0v) is 15.8. The maximum absolute atomic E-state index is 9.02. The van der Waals surface area contributed by atoms with E-state index in [1.165, 1.54) is 18.5 Å². The molecular weight excluding hydrogens is 294 g/mol. The van der Waals surface area contributed by atoms with Crippen molar-refractivity contribution in [3.8, 4) is 6.07 Å². The second-order valence-corrected chi connectivity index (χ2v) is 7.70. The van der Waals surface area contributed by atoms with Crippen LogP contribution in [0.2, 0.25) is 0 Å². The average Bonchev–Trinajstić information content (AvgIpc) is 2.58. The van der Waals surface area contributed by atoms with Crippen LogP contribution in [-0.4, -0.2) is 42.0 Å². The van der Waals surface area contributed by atoms with Crippen LogP contribution in [0.3, 0.4) is 0 Å². The van der Waals surface area contributed by atoms with Crippen LogP contribution >= 0.6 is 0 Å². The molecule has 1 heterocycles. The Morgan fingerprint density at radius 1 is 1.29 bits per heavy atom. The molecule has 4 atom stereocenters. The van der Waals surface area contributed by atoms with Crippen LogP contribution in [0.4, 0.5) is 0 Å². The molecule has 3 heteroatoms. The fraction of sp³-hybridized carbons (Fsp3) is 0.667. The Kier molecular flexibility index (Phi) is 7.27. The van der Waals surface area contributed by atoms with Crippen LogP contribution in [-0.2, 0) is 6.54 Å². The summed E-state index contributed by atoms with van der Waals surface area (Å²) in [7, 11) is 2.24. The van der Waals surface area contributed by atoms with Gasteiger partial charge in [0.25, 0.3) is 0 Å².